The number of rotatable bonds is 13. The number of ether oxygens (including phenoxy) is 2. The topological polar surface area (TPSA) is 184 Å². The number of aliphatic hydroxyl groups excluding tert-OH is 2. The first-order valence-electron chi connectivity index (χ1n) is 13.3. The molecule has 0 saturated carbocycles. The number of aliphatic hydroxyl groups is 2. The fourth-order valence-corrected chi connectivity index (χ4v) is 5.17. The lowest BCUT2D eigenvalue weighted by atomic mass is 9.90. The second-order valence-electron chi connectivity index (χ2n) is 10.0. The lowest BCUT2D eigenvalue weighted by molar-refractivity contribution is -0.122. The molecule has 6 atom stereocenters. The highest BCUT2D eigenvalue weighted by Gasteiger charge is 2.44. The molecule has 2 aromatic heterocycles. The average molecular weight is 598 g/mol. The fourth-order valence-electron chi connectivity index (χ4n) is 4.93. The van der Waals surface area contributed by atoms with E-state index in [-0.39, 0.29) is 35.0 Å². The number of nitrogens with two attached hydrogens (primary N) is 2. The highest BCUT2D eigenvalue weighted by molar-refractivity contribution is 6.32. The van der Waals surface area contributed by atoms with E-state index in [0.717, 1.165) is 12.0 Å². The number of nitrogens with zero attached hydrogens (tertiary/aromatic N) is 4. The monoisotopic (exact) mass is 597 g/mol. The van der Waals surface area contributed by atoms with Crippen molar-refractivity contribution in [3.63, 3.8) is 0 Å². The molecule has 0 aliphatic carbocycles. The lowest BCUT2D eigenvalue weighted by Crippen LogP contribution is -2.41. The highest BCUT2D eigenvalue weighted by atomic mass is 35.5. The standard InChI is InChI=1S/C26H34ClF2N7O5/c1-2-13(3-5-16(30)24(39)32-8-7-14-4-6-17(15(27)9-14)41-26(28)29)10-18-20(37)21(38)25(40-18)36-12-35-19-22(31)33-11-34-23(19)36/h4,6,9,11-13,16,18,20-21,25-26,37-38H,2-3,5,7-8,10,30H2,1H3,(H,32,39)(H2,31,33,34)/t13-,16-,18+,20-,21?,25+/m0/s1. The summed E-state index contributed by atoms with van der Waals surface area (Å²) in [5, 5.41) is 24.3. The molecule has 4 rings (SSSR count). The van der Waals surface area contributed by atoms with Crippen LogP contribution in [0.5, 0.6) is 5.75 Å². The van der Waals surface area contributed by atoms with E-state index in [4.69, 9.17) is 27.8 Å². The minimum atomic E-state index is -2.97. The summed E-state index contributed by atoms with van der Waals surface area (Å²) in [6.07, 6.45) is 1.50. The van der Waals surface area contributed by atoms with Gasteiger partial charge in [-0.3, -0.25) is 9.36 Å². The number of amides is 1. The first kappa shape index (κ1) is 30.8. The lowest BCUT2D eigenvalue weighted by Gasteiger charge is -2.22. The van der Waals surface area contributed by atoms with Crippen LogP contribution in [0.15, 0.2) is 30.9 Å². The van der Waals surface area contributed by atoms with Crippen molar-refractivity contribution in [2.24, 2.45) is 11.7 Å². The van der Waals surface area contributed by atoms with Crippen LogP contribution >= 0.6 is 11.6 Å². The van der Waals surface area contributed by atoms with Crippen molar-refractivity contribution in [3.8, 4) is 5.75 Å². The number of nitrogens with one attached hydrogen (secondary N) is 1. The van der Waals surface area contributed by atoms with E-state index in [0.29, 0.717) is 36.8 Å². The Hall–Kier alpha value is -3.17. The van der Waals surface area contributed by atoms with E-state index >= 15 is 0 Å². The molecule has 1 amide bonds. The molecular weight excluding hydrogens is 564 g/mol. The van der Waals surface area contributed by atoms with Gasteiger partial charge in [-0.25, -0.2) is 15.0 Å². The molecular formula is C26H34ClF2N7O5. The zero-order chi connectivity index (χ0) is 29.7. The molecule has 1 aliphatic rings. The molecule has 12 nitrogen and oxygen atoms in total. The van der Waals surface area contributed by atoms with Crippen LogP contribution in [0.4, 0.5) is 14.6 Å². The van der Waals surface area contributed by atoms with Gasteiger partial charge in [-0.05, 0) is 49.3 Å². The molecule has 3 aromatic rings. The summed E-state index contributed by atoms with van der Waals surface area (Å²) in [5.41, 5.74) is 13.5. The minimum absolute atomic E-state index is 0.0590. The third kappa shape index (κ3) is 7.38. The van der Waals surface area contributed by atoms with Gasteiger partial charge in [0.2, 0.25) is 5.91 Å². The van der Waals surface area contributed by atoms with Gasteiger partial charge in [0.25, 0.3) is 0 Å². The summed E-state index contributed by atoms with van der Waals surface area (Å²) in [7, 11) is 0. The Balaban J connectivity index is 1.24. The zero-order valence-electron chi connectivity index (χ0n) is 22.4. The molecule has 1 aliphatic heterocycles. The zero-order valence-corrected chi connectivity index (χ0v) is 23.1. The third-order valence-corrected chi connectivity index (χ3v) is 7.58. The minimum Gasteiger partial charge on any atom is -0.433 e. The van der Waals surface area contributed by atoms with E-state index in [1.54, 1.807) is 6.07 Å². The normalized spacial score (nSPS) is 22.2. The quantitative estimate of drug-likeness (QED) is 0.196. The van der Waals surface area contributed by atoms with Gasteiger partial charge in [0.1, 0.15) is 29.8 Å². The molecule has 15 heteroatoms. The second-order valence-corrected chi connectivity index (χ2v) is 10.4. The van der Waals surface area contributed by atoms with Gasteiger partial charge in [-0.15, -0.1) is 0 Å². The summed E-state index contributed by atoms with van der Waals surface area (Å²) >= 11 is 5.97. The molecule has 1 fully saturated rings. The van der Waals surface area contributed by atoms with Crippen LogP contribution in [0.1, 0.15) is 44.4 Å². The summed E-state index contributed by atoms with van der Waals surface area (Å²) in [5.74, 6) is -0.152. The van der Waals surface area contributed by atoms with Crippen LogP contribution in [0, 0.1) is 5.92 Å². The number of carbonyl (C=O) groups excluding carboxylic acids is 1. The Morgan fingerprint density at radius 2 is 2.02 bits per heavy atom. The molecule has 0 spiro atoms. The van der Waals surface area contributed by atoms with Gasteiger partial charge in [0, 0.05) is 6.54 Å². The van der Waals surface area contributed by atoms with E-state index in [1.807, 2.05) is 6.92 Å². The van der Waals surface area contributed by atoms with Crippen LogP contribution in [-0.4, -0.2) is 73.1 Å². The van der Waals surface area contributed by atoms with Gasteiger partial charge in [-0.1, -0.05) is 31.0 Å². The first-order chi connectivity index (χ1) is 19.6. The number of alkyl halides is 2. The van der Waals surface area contributed by atoms with Crippen LogP contribution < -0.4 is 21.5 Å². The first-order valence-corrected chi connectivity index (χ1v) is 13.7. The van der Waals surface area contributed by atoms with Crippen molar-refractivity contribution >= 4 is 34.5 Å². The van der Waals surface area contributed by atoms with Gasteiger partial charge in [0.15, 0.2) is 17.7 Å². The number of anilines is 1. The van der Waals surface area contributed by atoms with Gasteiger partial charge in [-0.2, -0.15) is 8.78 Å². The molecule has 1 aromatic carbocycles. The number of aromatic nitrogens is 4. The Morgan fingerprint density at radius 3 is 2.73 bits per heavy atom. The van der Waals surface area contributed by atoms with Crippen LogP contribution in [0.25, 0.3) is 11.2 Å². The maximum Gasteiger partial charge on any atom is 0.387 e. The van der Waals surface area contributed by atoms with E-state index in [2.05, 4.69) is 25.0 Å². The SMILES string of the molecule is CC[C@@H](CC[C@H](N)C(=O)NCCc1ccc(OC(F)F)c(Cl)c1)C[C@H]1O[C@@H](n2cnc3c(N)ncnc32)C(O)[C@H]1O. The number of nitrogen functional groups attached to an aromatic ring is 1. The summed E-state index contributed by atoms with van der Waals surface area (Å²) in [6.45, 7) is -0.683. The van der Waals surface area contributed by atoms with E-state index in [9.17, 15) is 23.8 Å². The smallest absolute Gasteiger partial charge is 0.387 e. The number of carbonyl (C=O) groups is 1. The molecule has 224 valence electrons. The number of benzene rings is 1. The van der Waals surface area contributed by atoms with Crippen molar-refractivity contribution < 1.29 is 33.3 Å². The van der Waals surface area contributed by atoms with Gasteiger partial charge in [0.05, 0.1) is 23.5 Å². The largest absolute Gasteiger partial charge is 0.433 e. The molecule has 1 unspecified atom stereocenters. The average Bonchev–Trinajstić information content (AvgIpc) is 3.49. The second kappa shape index (κ2) is 13.7. The summed E-state index contributed by atoms with van der Waals surface area (Å²) in [6, 6.07) is 3.72. The van der Waals surface area contributed by atoms with Gasteiger partial charge < -0.3 is 36.5 Å². The summed E-state index contributed by atoms with van der Waals surface area (Å²) < 4.78 is 36.7. The van der Waals surface area contributed by atoms with Crippen LogP contribution in [0.2, 0.25) is 5.02 Å². The van der Waals surface area contributed by atoms with E-state index in [1.165, 1.54) is 29.4 Å². The Kier molecular flexibility index (Phi) is 10.3. The molecule has 3 heterocycles. The predicted molar refractivity (Wildman–Crippen MR) is 146 cm³/mol. The van der Waals surface area contributed by atoms with Crippen molar-refractivity contribution in [1.29, 1.82) is 0 Å². The number of imidazole rings is 1. The maximum absolute atomic E-state index is 12.5. The van der Waals surface area contributed by atoms with Crippen LogP contribution in [-0.2, 0) is 16.0 Å². The number of halogens is 3. The third-order valence-electron chi connectivity index (χ3n) is 7.29. The molecule has 7 N–H and O–H groups in total. The Labute approximate surface area is 240 Å². The predicted octanol–water partition coefficient (Wildman–Crippen LogP) is 2.17. The molecule has 41 heavy (non-hydrogen) atoms. The maximum atomic E-state index is 12.5. The van der Waals surface area contributed by atoms with Crippen LogP contribution in [0.3, 0.4) is 0 Å². The fraction of sp³-hybridized carbons (Fsp3) is 0.538. The van der Waals surface area contributed by atoms with Crippen molar-refractivity contribution in [3.05, 3.63) is 41.4 Å². The highest BCUT2D eigenvalue weighted by Crippen LogP contribution is 2.36. The van der Waals surface area contributed by atoms with Crippen molar-refractivity contribution in [1.82, 2.24) is 24.8 Å². The van der Waals surface area contributed by atoms with Crippen molar-refractivity contribution in [2.45, 2.75) is 76.2 Å². The Bertz CT molecular complexity index is 1330. The number of hydrogen-bond donors (Lipinski definition) is 5. The number of fused-ring (bicyclic) bond motifs is 1. The summed E-state index contributed by atoms with van der Waals surface area (Å²) in [4.78, 5) is 24.8. The van der Waals surface area contributed by atoms with E-state index < -0.39 is 37.2 Å². The molecule has 0 radical (unpaired) electrons. The van der Waals surface area contributed by atoms with Crippen molar-refractivity contribution in [2.75, 3.05) is 12.3 Å². The Morgan fingerprint density at radius 1 is 1.24 bits per heavy atom. The van der Waals surface area contributed by atoms with Gasteiger partial charge >= 0.3 is 6.61 Å². The molecule has 0 bridgehead atoms. The molecule has 1 saturated heterocycles. The number of hydrogen-bond acceptors (Lipinski definition) is 10.